The molecule has 0 spiro atoms. The SMILES string of the molecule is COC(=O)C(Cc1ccc(F)cc1)C(O)c1ccccc1. The Labute approximate surface area is 123 Å². The maximum Gasteiger partial charge on any atom is 0.311 e. The lowest BCUT2D eigenvalue weighted by Gasteiger charge is -2.21. The van der Waals surface area contributed by atoms with Crippen LogP contribution in [0.1, 0.15) is 17.2 Å². The van der Waals surface area contributed by atoms with E-state index >= 15 is 0 Å². The summed E-state index contributed by atoms with van der Waals surface area (Å²) in [6, 6.07) is 14.8. The Hall–Kier alpha value is -2.20. The number of hydrogen-bond acceptors (Lipinski definition) is 3. The van der Waals surface area contributed by atoms with Crippen molar-refractivity contribution in [2.45, 2.75) is 12.5 Å². The van der Waals surface area contributed by atoms with Crippen molar-refractivity contribution in [3.63, 3.8) is 0 Å². The molecular formula is C17H17FO3. The van der Waals surface area contributed by atoms with Gasteiger partial charge in [0.2, 0.25) is 0 Å². The van der Waals surface area contributed by atoms with Crippen molar-refractivity contribution >= 4 is 5.97 Å². The van der Waals surface area contributed by atoms with E-state index in [1.165, 1.54) is 19.2 Å². The Bertz CT molecular complexity index is 581. The summed E-state index contributed by atoms with van der Waals surface area (Å²) in [7, 11) is 1.29. The Morgan fingerprint density at radius 2 is 1.76 bits per heavy atom. The number of carbonyl (C=O) groups excluding carboxylic acids is 1. The molecule has 21 heavy (non-hydrogen) atoms. The molecule has 0 aliphatic rings. The first kappa shape index (κ1) is 15.2. The van der Waals surface area contributed by atoms with Crippen molar-refractivity contribution < 1.29 is 19.0 Å². The molecule has 2 atom stereocenters. The molecule has 0 fully saturated rings. The lowest BCUT2D eigenvalue weighted by atomic mass is 9.90. The highest BCUT2D eigenvalue weighted by atomic mass is 19.1. The van der Waals surface area contributed by atoms with E-state index in [4.69, 9.17) is 4.74 Å². The van der Waals surface area contributed by atoms with Crippen molar-refractivity contribution in [3.05, 3.63) is 71.5 Å². The number of aliphatic hydroxyl groups is 1. The molecule has 2 rings (SSSR count). The summed E-state index contributed by atoms with van der Waals surface area (Å²) in [4.78, 5) is 11.9. The third-order valence-corrected chi connectivity index (χ3v) is 3.40. The van der Waals surface area contributed by atoms with Crippen LogP contribution in [0.4, 0.5) is 4.39 Å². The highest BCUT2D eigenvalue weighted by molar-refractivity contribution is 5.73. The molecule has 0 aromatic heterocycles. The minimum Gasteiger partial charge on any atom is -0.469 e. The van der Waals surface area contributed by atoms with Gasteiger partial charge < -0.3 is 9.84 Å². The number of carbonyl (C=O) groups is 1. The Morgan fingerprint density at radius 1 is 1.14 bits per heavy atom. The van der Waals surface area contributed by atoms with Crippen LogP contribution in [-0.4, -0.2) is 18.2 Å². The summed E-state index contributed by atoms with van der Waals surface area (Å²) in [6.07, 6.45) is -0.688. The summed E-state index contributed by atoms with van der Waals surface area (Å²) >= 11 is 0. The van der Waals surface area contributed by atoms with E-state index in [-0.39, 0.29) is 12.2 Å². The van der Waals surface area contributed by atoms with Gasteiger partial charge in [-0.15, -0.1) is 0 Å². The molecule has 0 radical (unpaired) electrons. The molecule has 0 saturated heterocycles. The van der Waals surface area contributed by atoms with E-state index in [0.29, 0.717) is 5.56 Å². The highest BCUT2D eigenvalue weighted by Crippen LogP contribution is 2.26. The maximum absolute atomic E-state index is 12.9. The average Bonchev–Trinajstić information content (AvgIpc) is 2.54. The van der Waals surface area contributed by atoms with Crippen LogP contribution in [0.25, 0.3) is 0 Å². The molecule has 0 amide bonds. The smallest absolute Gasteiger partial charge is 0.311 e. The fourth-order valence-corrected chi connectivity index (χ4v) is 2.23. The zero-order valence-corrected chi connectivity index (χ0v) is 11.7. The molecule has 0 bridgehead atoms. The van der Waals surface area contributed by atoms with Gasteiger partial charge in [-0.3, -0.25) is 4.79 Å². The second-order valence-corrected chi connectivity index (χ2v) is 4.82. The zero-order valence-electron chi connectivity index (χ0n) is 11.7. The number of halogens is 1. The Kier molecular flexibility index (Phi) is 5.06. The third kappa shape index (κ3) is 3.89. The Morgan fingerprint density at radius 3 is 2.33 bits per heavy atom. The van der Waals surface area contributed by atoms with Crippen LogP contribution in [-0.2, 0) is 16.0 Å². The first-order valence-electron chi connectivity index (χ1n) is 6.67. The average molecular weight is 288 g/mol. The summed E-state index contributed by atoms with van der Waals surface area (Å²) in [5, 5.41) is 10.4. The number of methoxy groups -OCH3 is 1. The first-order chi connectivity index (χ1) is 10.1. The van der Waals surface area contributed by atoms with Crippen LogP contribution in [0, 0.1) is 11.7 Å². The molecule has 0 aliphatic carbocycles. The molecular weight excluding hydrogens is 271 g/mol. The van der Waals surface area contributed by atoms with Crippen LogP contribution < -0.4 is 0 Å². The third-order valence-electron chi connectivity index (χ3n) is 3.40. The highest BCUT2D eigenvalue weighted by Gasteiger charge is 2.29. The van der Waals surface area contributed by atoms with Crippen LogP contribution in [0.5, 0.6) is 0 Å². The van der Waals surface area contributed by atoms with Crippen LogP contribution in [0.15, 0.2) is 54.6 Å². The van der Waals surface area contributed by atoms with E-state index in [0.717, 1.165) is 5.56 Å². The Balaban J connectivity index is 2.22. The molecule has 2 aromatic carbocycles. The van der Waals surface area contributed by atoms with Gasteiger partial charge in [0.05, 0.1) is 19.1 Å². The minimum absolute atomic E-state index is 0.281. The normalized spacial score (nSPS) is 13.5. The summed E-state index contributed by atoms with van der Waals surface area (Å²) < 4.78 is 17.7. The van der Waals surface area contributed by atoms with Gasteiger partial charge in [-0.05, 0) is 29.7 Å². The van der Waals surface area contributed by atoms with Crippen LogP contribution >= 0.6 is 0 Å². The summed E-state index contributed by atoms with van der Waals surface area (Å²) in [5.74, 6) is -1.56. The van der Waals surface area contributed by atoms with E-state index in [2.05, 4.69) is 0 Å². The number of ether oxygens (including phenoxy) is 1. The van der Waals surface area contributed by atoms with Gasteiger partial charge in [-0.2, -0.15) is 0 Å². The van der Waals surface area contributed by atoms with Crippen molar-refractivity contribution in [2.75, 3.05) is 7.11 Å². The zero-order chi connectivity index (χ0) is 15.2. The number of hydrogen-bond donors (Lipinski definition) is 1. The molecule has 110 valence electrons. The van der Waals surface area contributed by atoms with Crippen LogP contribution in [0.3, 0.4) is 0 Å². The van der Waals surface area contributed by atoms with Gasteiger partial charge in [0.15, 0.2) is 0 Å². The number of aliphatic hydroxyl groups excluding tert-OH is 1. The van der Waals surface area contributed by atoms with Crippen molar-refractivity contribution in [3.8, 4) is 0 Å². The van der Waals surface area contributed by atoms with Gasteiger partial charge in [-0.1, -0.05) is 42.5 Å². The fourth-order valence-electron chi connectivity index (χ4n) is 2.23. The van der Waals surface area contributed by atoms with Gasteiger partial charge in [0.25, 0.3) is 0 Å². The second-order valence-electron chi connectivity index (χ2n) is 4.82. The maximum atomic E-state index is 12.9. The molecule has 0 aliphatic heterocycles. The summed E-state index contributed by atoms with van der Waals surface area (Å²) in [5.41, 5.74) is 1.41. The second kappa shape index (κ2) is 6.99. The lowest BCUT2D eigenvalue weighted by Crippen LogP contribution is -2.25. The van der Waals surface area contributed by atoms with Crippen molar-refractivity contribution in [1.29, 1.82) is 0 Å². The van der Waals surface area contributed by atoms with Crippen molar-refractivity contribution in [1.82, 2.24) is 0 Å². The van der Waals surface area contributed by atoms with Gasteiger partial charge in [0, 0.05) is 0 Å². The molecule has 3 nitrogen and oxygen atoms in total. The largest absolute Gasteiger partial charge is 0.469 e. The number of benzene rings is 2. The quantitative estimate of drug-likeness (QED) is 0.861. The fraction of sp³-hybridized carbons (Fsp3) is 0.235. The topological polar surface area (TPSA) is 46.5 Å². The molecule has 2 unspecified atom stereocenters. The van der Waals surface area contributed by atoms with E-state index in [9.17, 15) is 14.3 Å². The number of rotatable bonds is 5. The monoisotopic (exact) mass is 288 g/mol. The van der Waals surface area contributed by atoms with E-state index in [1.54, 1.807) is 36.4 Å². The minimum atomic E-state index is -0.969. The molecule has 1 N–H and O–H groups in total. The lowest BCUT2D eigenvalue weighted by molar-refractivity contribution is -0.149. The molecule has 0 saturated carbocycles. The predicted molar refractivity (Wildman–Crippen MR) is 77.0 cm³/mol. The molecule has 4 heteroatoms. The number of esters is 1. The predicted octanol–water partition coefficient (Wildman–Crippen LogP) is 2.89. The van der Waals surface area contributed by atoms with Gasteiger partial charge in [0.1, 0.15) is 5.82 Å². The van der Waals surface area contributed by atoms with Crippen LogP contribution in [0.2, 0.25) is 0 Å². The first-order valence-corrected chi connectivity index (χ1v) is 6.67. The van der Waals surface area contributed by atoms with E-state index < -0.39 is 18.0 Å². The molecule has 0 heterocycles. The van der Waals surface area contributed by atoms with Gasteiger partial charge >= 0.3 is 5.97 Å². The van der Waals surface area contributed by atoms with Crippen molar-refractivity contribution in [2.24, 2.45) is 5.92 Å². The summed E-state index contributed by atoms with van der Waals surface area (Å²) in [6.45, 7) is 0. The standard InChI is InChI=1S/C17H17FO3/c1-21-17(20)15(11-12-7-9-14(18)10-8-12)16(19)13-5-3-2-4-6-13/h2-10,15-16,19H,11H2,1H3. The molecule has 2 aromatic rings. The van der Waals surface area contributed by atoms with Gasteiger partial charge in [-0.25, -0.2) is 4.39 Å². The van der Waals surface area contributed by atoms with E-state index in [1.807, 2.05) is 6.07 Å².